The van der Waals surface area contributed by atoms with Gasteiger partial charge in [0.25, 0.3) is 10.1 Å². The fourth-order valence-electron chi connectivity index (χ4n) is 3.64. The molecule has 26 heavy (non-hydrogen) atoms. The second-order valence-corrected chi connectivity index (χ2v) is 9.31. The third kappa shape index (κ3) is 4.51. The molecule has 1 aliphatic rings. The third-order valence-corrected chi connectivity index (χ3v) is 7.21. The molecule has 0 N–H and O–H groups in total. The summed E-state index contributed by atoms with van der Waals surface area (Å²) in [5.74, 6) is 0.112. The summed E-state index contributed by atoms with van der Waals surface area (Å²) >= 11 is 1.71. The zero-order chi connectivity index (χ0) is 18.6. The first kappa shape index (κ1) is 19.5. The minimum atomic E-state index is -3.76. The Kier molecular flexibility index (Phi) is 6.43. The van der Waals surface area contributed by atoms with Gasteiger partial charge < -0.3 is 0 Å². The van der Waals surface area contributed by atoms with E-state index in [-0.39, 0.29) is 16.9 Å². The topological polar surface area (TPSA) is 43.4 Å². The lowest BCUT2D eigenvalue weighted by atomic mass is 9.89. The van der Waals surface area contributed by atoms with Gasteiger partial charge in [0.2, 0.25) is 0 Å². The summed E-state index contributed by atoms with van der Waals surface area (Å²) < 4.78 is 31.5. The molecule has 2 aromatic rings. The van der Waals surface area contributed by atoms with Crippen molar-refractivity contribution < 1.29 is 12.6 Å². The molecule has 0 aliphatic heterocycles. The lowest BCUT2D eigenvalue weighted by molar-refractivity contribution is 0.167. The van der Waals surface area contributed by atoms with Gasteiger partial charge in [-0.2, -0.15) is 8.42 Å². The summed E-state index contributed by atoms with van der Waals surface area (Å²) in [4.78, 5) is 1.45. The second kappa shape index (κ2) is 8.59. The molecule has 2 atom stereocenters. The Labute approximate surface area is 161 Å². The number of aryl methyl sites for hydroxylation is 1. The van der Waals surface area contributed by atoms with Crippen molar-refractivity contribution in [3.05, 3.63) is 59.7 Å². The number of rotatable bonds is 5. The quantitative estimate of drug-likeness (QED) is 0.382. The summed E-state index contributed by atoms with van der Waals surface area (Å²) in [5.41, 5.74) is 2.25. The van der Waals surface area contributed by atoms with E-state index in [4.69, 9.17) is 4.18 Å². The van der Waals surface area contributed by atoms with E-state index in [0.29, 0.717) is 0 Å². The average molecular weight is 391 g/mol. The van der Waals surface area contributed by atoms with Gasteiger partial charge in [0.1, 0.15) is 0 Å². The normalized spacial score (nSPS) is 21.3. The maximum Gasteiger partial charge on any atom is 0.297 e. The van der Waals surface area contributed by atoms with Crippen LogP contribution in [0.1, 0.15) is 49.1 Å². The van der Waals surface area contributed by atoms with Gasteiger partial charge in [-0.1, -0.05) is 55.2 Å². The van der Waals surface area contributed by atoms with E-state index in [1.165, 1.54) is 10.5 Å². The van der Waals surface area contributed by atoms with Crippen LogP contribution < -0.4 is 0 Å². The summed E-state index contributed by atoms with van der Waals surface area (Å²) in [5, 5.41) is 0. The van der Waals surface area contributed by atoms with E-state index < -0.39 is 10.1 Å². The van der Waals surface area contributed by atoms with Crippen molar-refractivity contribution in [1.29, 1.82) is 0 Å². The van der Waals surface area contributed by atoms with Crippen LogP contribution in [0.4, 0.5) is 0 Å². The van der Waals surface area contributed by atoms with E-state index in [1.54, 1.807) is 23.9 Å². The zero-order valence-electron chi connectivity index (χ0n) is 15.4. The van der Waals surface area contributed by atoms with Gasteiger partial charge in [0.15, 0.2) is 0 Å². The zero-order valence-corrected chi connectivity index (χ0v) is 17.0. The minimum Gasteiger partial charge on any atom is -0.262 e. The summed E-state index contributed by atoms with van der Waals surface area (Å²) in [6.07, 6.45) is 6.74. The van der Waals surface area contributed by atoms with Gasteiger partial charge in [-0.15, -0.1) is 11.8 Å². The lowest BCUT2D eigenvalue weighted by Gasteiger charge is -2.26. The van der Waals surface area contributed by atoms with Crippen LogP contribution in [0.15, 0.2) is 58.3 Å². The van der Waals surface area contributed by atoms with Crippen molar-refractivity contribution in [2.24, 2.45) is 0 Å². The first-order valence-corrected chi connectivity index (χ1v) is 11.8. The molecule has 0 bridgehead atoms. The average Bonchev–Trinajstić information content (AvgIpc) is 2.87. The maximum atomic E-state index is 12.8. The third-order valence-electron chi connectivity index (χ3n) is 5.05. The Morgan fingerprint density at radius 2 is 1.65 bits per heavy atom. The first-order chi connectivity index (χ1) is 12.5. The number of hydrogen-bond acceptors (Lipinski definition) is 4. The number of thioether (sulfide) groups is 1. The maximum absolute atomic E-state index is 12.8. The Bertz CT molecular complexity index is 829. The molecule has 1 fully saturated rings. The van der Waals surface area contributed by atoms with Crippen molar-refractivity contribution in [2.75, 3.05) is 6.26 Å². The van der Waals surface area contributed by atoms with E-state index in [9.17, 15) is 8.42 Å². The molecule has 0 amide bonds. The molecule has 0 heterocycles. The largest absolute Gasteiger partial charge is 0.297 e. The molecule has 0 saturated heterocycles. The fraction of sp³-hybridized carbons (Fsp3) is 0.429. The van der Waals surface area contributed by atoms with Crippen LogP contribution in [0.3, 0.4) is 0 Å². The standard InChI is InChI=1S/C21H26O3S2/c1-16-12-14-17(15-13-16)26(22,23)24-20-10-5-3-4-8-18(20)19-9-6-7-11-21(19)25-2/h6-7,9,11-15,18,20H,3-5,8,10H2,1-2H3/t18-,20-/m1/s1. The molecule has 3 nitrogen and oxygen atoms in total. The Balaban J connectivity index is 1.91. The fourth-order valence-corrected chi connectivity index (χ4v) is 5.45. The first-order valence-electron chi connectivity index (χ1n) is 9.14. The highest BCUT2D eigenvalue weighted by Gasteiger charge is 2.32. The molecule has 2 aromatic carbocycles. The lowest BCUT2D eigenvalue weighted by Crippen LogP contribution is -2.25. The van der Waals surface area contributed by atoms with Crippen LogP contribution in [0.2, 0.25) is 0 Å². The van der Waals surface area contributed by atoms with Crippen LogP contribution in [0.25, 0.3) is 0 Å². The Morgan fingerprint density at radius 1 is 0.962 bits per heavy atom. The molecule has 0 spiro atoms. The molecule has 0 aromatic heterocycles. The molecular weight excluding hydrogens is 364 g/mol. The van der Waals surface area contributed by atoms with Crippen molar-refractivity contribution in [1.82, 2.24) is 0 Å². The highest BCUT2D eigenvalue weighted by atomic mass is 32.2. The Morgan fingerprint density at radius 3 is 2.38 bits per heavy atom. The number of benzene rings is 2. The molecule has 1 aliphatic carbocycles. The van der Waals surface area contributed by atoms with Gasteiger partial charge in [0, 0.05) is 10.8 Å². The van der Waals surface area contributed by atoms with Crippen LogP contribution in [-0.4, -0.2) is 20.8 Å². The van der Waals surface area contributed by atoms with Gasteiger partial charge in [0.05, 0.1) is 11.0 Å². The van der Waals surface area contributed by atoms with Crippen molar-refractivity contribution >= 4 is 21.9 Å². The predicted octanol–water partition coefficient (Wildman–Crippen LogP) is 5.54. The van der Waals surface area contributed by atoms with Crippen LogP contribution >= 0.6 is 11.8 Å². The summed E-state index contributed by atoms with van der Waals surface area (Å²) in [7, 11) is -3.76. The molecule has 5 heteroatoms. The van der Waals surface area contributed by atoms with Crippen molar-refractivity contribution in [2.45, 2.75) is 60.8 Å². The Hall–Kier alpha value is -1.30. The van der Waals surface area contributed by atoms with E-state index in [0.717, 1.165) is 37.7 Å². The molecule has 3 rings (SSSR count). The van der Waals surface area contributed by atoms with Gasteiger partial charge >= 0.3 is 0 Å². The smallest absolute Gasteiger partial charge is 0.262 e. The highest BCUT2D eigenvalue weighted by Crippen LogP contribution is 2.39. The highest BCUT2D eigenvalue weighted by molar-refractivity contribution is 7.98. The molecule has 0 unspecified atom stereocenters. The van der Waals surface area contributed by atoms with Gasteiger partial charge in [-0.3, -0.25) is 4.18 Å². The van der Waals surface area contributed by atoms with E-state index in [2.05, 4.69) is 18.4 Å². The van der Waals surface area contributed by atoms with E-state index >= 15 is 0 Å². The van der Waals surface area contributed by atoms with Gasteiger partial charge in [-0.05, 0) is 49.8 Å². The van der Waals surface area contributed by atoms with Crippen molar-refractivity contribution in [3.8, 4) is 0 Å². The van der Waals surface area contributed by atoms with E-state index in [1.807, 2.05) is 31.2 Å². The summed E-state index contributed by atoms with van der Waals surface area (Å²) in [6, 6.07) is 15.2. The van der Waals surface area contributed by atoms with Gasteiger partial charge in [-0.25, -0.2) is 0 Å². The van der Waals surface area contributed by atoms with Crippen LogP contribution in [0, 0.1) is 6.92 Å². The predicted molar refractivity (Wildman–Crippen MR) is 107 cm³/mol. The van der Waals surface area contributed by atoms with Crippen LogP contribution in [0.5, 0.6) is 0 Å². The molecular formula is C21H26O3S2. The molecule has 1 saturated carbocycles. The monoisotopic (exact) mass is 390 g/mol. The summed E-state index contributed by atoms with van der Waals surface area (Å²) in [6.45, 7) is 1.94. The van der Waals surface area contributed by atoms with Crippen LogP contribution in [-0.2, 0) is 14.3 Å². The number of hydrogen-bond donors (Lipinski definition) is 0. The minimum absolute atomic E-state index is 0.112. The molecule has 140 valence electrons. The second-order valence-electron chi connectivity index (χ2n) is 6.89. The molecule has 0 radical (unpaired) electrons. The SMILES string of the molecule is CSc1ccccc1[C@H]1CCCCC[C@H]1OS(=O)(=O)c1ccc(C)cc1. The van der Waals surface area contributed by atoms with Crippen molar-refractivity contribution in [3.63, 3.8) is 0 Å².